The Morgan fingerprint density at radius 1 is 1.35 bits per heavy atom. The van der Waals surface area contributed by atoms with Crippen molar-refractivity contribution in [2.24, 2.45) is 5.92 Å². The molecule has 0 amide bonds. The van der Waals surface area contributed by atoms with Gasteiger partial charge in [-0.05, 0) is 24.5 Å². The average molecular weight is 299 g/mol. The van der Waals surface area contributed by atoms with Crippen LogP contribution in [0.2, 0.25) is 0 Å². The van der Waals surface area contributed by atoms with Crippen LogP contribution in [0.1, 0.15) is 39.5 Å². The molecule has 0 bridgehead atoms. The summed E-state index contributed by atoms with van der Waals surface area (Å²) in [6.07, 6.45) is 5.88. The van der Waals surface area contributed by atoms with Gasteiger partial charge in [-0.25, -0.2) is 18.1 Å². The SMILES string of the molecule is CCCCC(CC)CNS(=O)(=O)c1cccnc1NC. The maximum atomic E-state index is 12.3. The molecule has 1 atom stereocenters. The molecule has 1 rings (SSSR count). The highest BCUT2D eigenvalue weighted by Gasteiger charge is 2.19. The fourth-order valence-electron chi connectivity index (χ4n) is 2.04. The van der Waals surface area contributed by atoms with Gasteiger partial charge in [-0.3, -0.25) is 0 Å². The first-order chi connectivity index (χ1) is 9.55. The van der Waals surface area contributed by atoms with Crippen LogP contribution in [-0.4, -0.2) is 27.0 Å². The van der Waals surface area contributed by atoms with Gasteiger partial charge in [-0.15, -0.1) is 0 Å². The van der Waals surface area contributed by atoms with Crippen molar-refractivity contribution >= 4 is 15.8 Å². The Morgan fingerprint density at radius 2 is 2.10 bits per heavy atom. The van der Waals surface area contributed by atoms with E-state index in [4.69, 9.17) is 0 Å². The molecule has 1 unspecified atom stereocenters. The van der Waals surface area contributed by atoms with E-state index in [0.717, 1.165) is 25.7 Å². The molecule has 0 aliphatic heterocycles. The van der Waals surface area contributed by atoms with Gasteiger partial charge < -0.3 is 5.32 Å². The lowest BCUT2D eigenvalue weighted by Crippen LogP contribution is -2.30. The van der Waals surface area contributed by atoms with Crippen molar-refractivity contribution in [3.63, 3.8) is 0 Å². The molecule has 1 aromatic heterocycles. The summed E-state index contributed by atoms with van der Waals surface area (Å²) in [5.41, 5.74) is 0. The second-order valence-corrected chi connectivity index (χ2v) is 6.60. The van der Waals surface area contributed by atoms with Crippen LogP contribution in [0.3, 0.4) is 0 Å². The van der Waals surface area contributed by atoms with Gasteiger partial charge in [0.15, 0.2) is 0 Å². The first-order valence-electron chi connectivity index (χ1n) is 7.17. The quantitative estimate of drug-likeness (QED) is 0.735. The van der Waals surface area contributed by atoms with Crippen LogP contribution in [0.25, 0.3) is 0 Å². The summed E-state index contributed by atoms with van der Waals surface area (Å²) in [6.45, 7) is 4.72. The number of sulfonamides is 1. The van der Waals surface area contributed by atoms with Gasteiger partial charge >= 0.3 is 0 Å². The highest BCUT2D eigenvalue weighted by molar-refractivity contribution is 7.89. The van der Waals surface area contributed by atoms with Gasteiger partial charge in [0, 0.05) is 19.8 Å². The Labute approximate surface area is 122 Å². The number of aromatic nitrogens is 1. The summed E-state index contributed by atoms with van der Waals surface area (Å²) in [6, 6.07) is 3.19. The van der Waals surface area contributed by atoms with Crippen molar-refractivity contribution in [1.82, 2.24) is 9.71 Å². The normalized spacial score (nSPS) is 13.2. The predicted molar refractivity (Wildman–Crippen MR) is 82.3 cm³/mol. The molecule has 1 heterocycles. The first kappa shape index (κ1) is 16.9. The molecule has 0 fully saturated rings. The fourth-order valence-corrected chi connectivity index (χ4v) is 3.32. The minimum Gasteiger partial charge on any atom is -0.372 e. The molecule has 0 radical (unpaired) electrons. The van der Waals surface area contributed by atoms with Crippen molar-refractivity contribution in [1.29, 1.82) is 0 Å². The summed E-state index contributed by atoms with van der Waals surface area (Å²) >= 11 is 0. The van der Waals surface area contributed by atoms with Gasteiger partial charge in [-0.1, -0.05) is 33.1 Å². The van der Waals surface area contributed by atoms with E-state index in [1.807, 2.05) is 0 Å². The van der Waals surface area contributed by atoms with Gasteiger partial charge in [0.25, 0.3) is 0 Å². The molecular formula is C14H25N3O2S. The molecule has 2 N–H and O–H groups in total. The molecular weight excluding hydrogens is 274 g/mol. The summed E-state index contributed by atoms with van der Waals surface area (Å²) in [5, 5.41) is 2.81. The van der Waals surface area contributed by atoms with Crippen molar-refractivity contribution in [3.8, 4) is 0 Å². The molecule has 0 saturated carbocycles. The van der Waals surface area contributed by atoms with Crippen LogP contribution < -0.4 is 10.0 Å². The molecule has 5 nitrogen and oxygen atoms in total. The Balaban J connectivity index is 2.74. The third-order valence-electron chi connectivity index (χ3n) is 3.40. The summed E-state index contributed by atoms with van der Waals surface area (Å²) in [5.74, 6) is 0.765. The number of anilines is 1. The van der Waals surface area contributed by atoms with Crippen LogP contribution in [0.15, 0.2) is 23.2 Å². The molecule has 0 aliphatic rings. The Morgan fingerprint density at radius 3 is 2.70 bits per heavy atom. The first-order valence-corrected chi connectivity index (χ1v) is 8.65. The van der Waals surface area contributed by atoms with Crippen LogP contribution in [0.4, 0.5) is 5.82 Å². The second kappa shape index (κ2) is 8.21. The lowest BCUT2D eigenvalue weighted by Gasteiger charge is -2.16. The van der Waals surface area contributed by atoms with E-state index in [9.17, 15) is 8.42 Å². The molecule has 0 aliphatic carbocycles. The summed E-state index contributed by atoms with van der Waals surface area (Å²) in [4.78, 5) is 4.23. The Bertz CT molecular complexity index is 503. The third kappa shape index (κ3) is 4.76. The van der Waals surface area contributed by atoms with Gasteiger partial charge in [-0.2, -0.15) is 0 Å². The standard InChI is InChI=1S/C14H25N3O2S/c1-4-6-8-12(5-2)11-17-20(18,19)13-9-7-10-16-14(13)15-3/h7,9-10,12,17H,4-6,8,11H2,1-3H3,(H,15,16). The lowest BCUT2D eigenvalue weighted by molar-refractivity contribution is 0.444. The maximum Gasteiger partial charge on any atom is 0.244 e. The maximum absolute atomic E-state index is 12.3. The van der Waals surface area contributed by atoms with E-state index in [1.165, 1.54) is 0 Å². The summed E-state index contributed by atoms with van der Waals surface area (Å²) < 4.78 is 27.3. The van der Waals surface area contributed by atoms with Crippen molar-refractivity contribution < 1.29 is 8.42 Å². The van der Waals surface area contributed by atoms with Crippen LogP contribution in [0.5, 0.6) is 0 Å². The highest BCUT2D eigenvalue weighted by Crippen LogP contribution is 2.18. The Kier molecular flexibility index (Phi) is 6.95. The number of unbranched alkanes of at least 4 members (excludes halogenated alkanes) is 1. The van der Waals surface area contributed by atoms with Crippen LogP contribution >= 0.6 is 0 Å². The minimum absolute atomic E-state index is 0.202. The number of hydrogen-bond acceptors (Lipinski definition) is 4. The summed E-state index contributed by atoms with van der Waals surface area (Å²) in [7, 11) is -1.84. The number of nitrogens with one attached hydrogen (secondary N) is 2. The lowest BCUT2D eigenvalue weighted by atomic mass is 10.00. The van der Waals surface area contributed by atoms with Crippen molar-refractivity contribution in [2.45, 2.75) is 44.4 Å². The zero-order chi connectivity index (χ0) is 15.0. The highest BCUT2D eigenvalue weighted by atomic mass is 32.2. The van der Waals surface area contributed by atoms with Crippen LogP contribution in [0, 0.1) is 5.92 Å². The van der Waals surface area contributed by atoms with E-state index >= 15 is 0 Å². The Hall–Kier alpha value is -1.14. The van der Waals surface area contributed by atoms with E-state index in [2.05, 4.69) is 28.9 Å². The molecule has 20 heavy (non-hydrogen) atoms. The predicted octanol–water partition coefficient (Wildman–Crippen LogP) is 2.62. The third-order valence-corrected chi connectivity index (χ3v) is 4.86. The van der Waals surface area contributed by atoms with E-state index in [0.29, 0.717) is 18.3 Å². The van der Waals surface area contributed by atoms with Gasteiger partial charge in [0.2, 0.25) is 10.0 Å². The molecule has 1 aromatic rings. The number of pyridine rings is 1. The molecule has 0 saturated heterocycles. The van der Waals surface area contributed by atoms with Gasteiger partial charge in [0.1, 0.15) is 10.7 Å². The number of rotatable bonds is 9. The zero-order valence-corrected chi connectivity index (χ0v) is 13.3. The zero-order valence-electron chi connectivity index (χ0n) is 12.5. The van der Waals surface area contributed by atoms with Crippen molar-refractivity contribution in [3.05, 3.63) is 18.3 Å². The average Bonchev–Trinajstić information content (AvgIpc) is 2.47. The second-order valence-electron chi connectivity index (χ2n) is 4.87. The topological polar surface area (TPSA) is 71.1 Å². The number of nitrogens with zero attached hydrogens (tertiary/aromatic N) is 1. The monoisotopic (exact) mass is 299 g/mol. The smallest absolute Gasteiger partial charge is 0.244 e. The van der Waals surface area contributed by atoms with Gasteiger partial charge in [0.05, 0.1) is 0 Å². The van der Waals surface area contributed by atoms with Crippen LogP contribution in [-0.2, 0) is 10.0 Å². The van der Waals surface area contributed by atoms with Crippen molar-refractivity contribution in [2.75, 3.05) is 18.9 Å². The van der Waals surface area contributed by atoms with E-state index in [-0.39, 0.29) is 4.90 Å². The molecule has 0 aromatic carbocycles. The minimum atomic E-state index is -3.51. The molecule has 114 valence electrons. The largest absolute Gasteiger partial charge is 0.372 e. The number of hydrogen-bond donors (Lipinski definition) is 2. The van der Waals surface area contributed by atoms with E-state index in [1.54, 1.807) is 25.4 Å². The van der Waals surface area contributed by atoms with E-state index < -0.39 is 10.0 Å². The molecule has 6 heteroatoms. The fraction of sp³-hybridized carbons (Fsp3) is 0.643. The molecule has 0 spiro atoms.